The van der Waals surface area contributed by atoms with E-state index in [9.17, 15) is 12.8 Å². The first-order chi connectivity index (χ1) is 11.0. The fourth-order valence-electron chi connectivity index (χ4n) is 2.74. The topological polar surface area (TPSA) is 67.2 Å². The number of aromatic nitrogens is 2. The van der Waals surface area contributed by atoms with Gasteiger partial charge in [-0.2, -0.15) is 9.40 Å². The molecule has 1 fully saturated rings. The van der Waals surface area contributed by atoms with Crippen molar-refractivity contribution in [3.05, 3.63) is 42.5 Å². The van der Waals surface area contributed by atoms with Crippen molar-refractivity contribution in [2.24, 2.45) is 0 Å². The number of sulfonamides is 1. The average molecular weight is 375 g/mol. The van der Waals surface area contributed by atoms with Gasteiger partial charge in [0.25, 0.3) is 0 Å². The summed E-state index contributed by atoms with van der Waals surface area (Å²) in [7, 11) is -1.71. The van der Waals surface area contributed by atoms with Gasteiger partial charge >= 0.3 is 0 Å². The molecule has 24 heavy (non-hydrogen) atoms. The van der Waals surface area contributed by atoms with Crippen molar-refractivity contribution in [3.63, 3.8) is 0 Å². The zero-order valence-corrected chi connectivity index (χ0v) is 14.9. The highest BCUT2D eigenvalue weighted by atomic mass is 35.5. The number of piperidine rings is 1. The molecule has 1 aromatic carbocycles. The van der Waals surface area contributed by atoms with Crippen LogP contribution in [0.25, 0.3) is 5.69 Å². The van der Waals surface area contributed by atoms with E-state index < -0.39 is 15.8 Å². The predicted molar refractivity (Wildman–Crippen MR) is 91.6 cm³/mol. The fraction of sp³-hybridized carbons (Fsp3) is 0.400. The molecule has 0 amide bonds. The normalized spacial score (nSPS) is 16.8. The van der Waals surface area contributed by atoms with E-state index in [-0.39, 0.29) is 23.0 Å². The molecule has 0 spiro atoms. The number of nitrogens with one attached hydrogen (secondary N) is 1. The first-order valence-corrected chi connectivity index (χ1v) is 8.93. The molecule has 1 saturated heterocycles. The Morgan fingerprint density at radius 3 is 2.54 bits per heavy atom. The summed E-state index contributed by atoms with van der Waals surface area (Å²) < 4.78 is 41.8. The van der Waals surface area contributed by atoms with Crippen LogP contribution in [-0.2, 0) is 10.0 Å². The van der Waals surface area contributed by atoms with Crippen molar-refractivity contribution in [2.45, 2.75) is 23.8 Å². The van der Waals surface area contributed by atoms with Gasteiger partial charge in [0.05, 0.1) is 12.4 Å². The van der Waals surface area contributed by atoms with Crippen LogP contribution in [0.2, 0.25) is 0 Å². The second-order valence-electron chi connectivity index (χ2n) is 5.54. The highest BCUT2D eigenvalue weighted by molar-refractivity contribution is 7.89. The molecule has 0 bridgehead atoms. The van der Waals surface area contributed by atoms with E-state index >= 15 is 0 Å². The number of hydrogen-bond donors (Lipinski definition) is 1. The average Bonchev–Trinajstić information content (AvgIpc) is 3.06. The van der Waals surface area contributed by atoms with E-state index in [4.69, 9.17) is 0 Å². The van der Waals surface area contributed by atoms with E-state index in [0.717, 1.165) is 12.8 Å². The van der Waals surface area contributed by atoms with Crippen LogP contribution < -0.4 is 5.32 Å². The maximum atomic E-state index is 13.8. The molecule has 1 aliphatic heterocycles. The molecule has 0 saturated carbocycles. The van der Waals surface area contributed by atoms with Crippen molar-refractivity contribution >= 4 is 22.4 Å². The number of halogens is 2. The first kappa shape index (κ1) is 18.9. The highest BCUT2D eigenvalue weighted by Crippen LogP contribution is 2.22. The number of nitrogens with zero attached hydrogens (tertiary/aromatic N) is 3. The number of rotatable bonds is 4. The Morgan fingerprint density at radius 2 is 1.92 bits per heavy atom. The molecule has 3 rings (SSSR count). The lowest BCUT2D eigenvalue weighted by molar-refractivity contribution is 0.298. The number of para-hydroxylation sites is 1. The van der Waals surface area contributed by atoms with Gasteiger partial charge in [0, 0.05) is 19.1 Å². The Kier molecular flexibility index (Phi) is 5.97. The second kappa shape index (κ2) is 7.60. The van der Waals surface area contributed by atoms with Gasteiger partial charge < -0.3 is 5.32 Å². The summed E-state index contributed by atoms with van der Waals surface area (Å²) in [6.45, 7) is 0.942. The van der Waals surface area contributed by atoms with Crippen LogP contribution in [0.3, 0.4) is 0 Å². The van der Waals surface area contributed by atoms with Gasteiger partial charge in [0.2, 0.25) is 10.0 Å². The van der Waals surface area contributed by atoms with Gasteiger partial charge in [-0.15, -0.1) is 12.4 Å². The van der Waals surface area contributed by atoms with Crippen LogP contribution in [0.15, 0.2) is 41.6 Å². The zero-order chi connectivity index (χ0) is 16.4. The third-order valence-corrected chi connectivity index (χ3v) is 6.01. The maximum absolute atomic E-state index is 13.8. The van der Waals surface area contributed by atoms with Gasteiger partial charge in [-0.3, -0.25) is 0 Å². The van der Waals surface area contributed by atoms with Crippen LogP contribution in [0.1, 0.15) is 12.8 Å². The minimum Gasteiger partial charge on any atom is -0.317 e. The van der Waals surface area contributed by atoms with Gasteiger partial charge in [0.15, 0.2) is 0 Å². The highest BCUT2D eigenvalue weighted by Gasteiger charge is 2.30. The van der Waals surface area contributed by atoms with Crippen molar-refractivity contribution in [3.8, 4) is 5.69 Å². The number of benzene rings is 1. The minimum atomic E-state index is -3.59. The van der Waals surface area contributed by atoms with Gasteiger partial charge in [-0.25, -0.2) is 17.5 Å². The molecule has 2 heterocycles. The maximum Gasteiger partial charge on any atom is 0.246 e. The SMILES string of the molecule is CNC1CCN(S(=O)(=O)c2cnn(-c3ccccc3F)c2)CC1.Cl. The summed E-state index contributed by atoms with van der Waals surface area (Å²) in [6.07, 6.45) is 4.18. The molecular formula is C15H20ClFN4O2S. The Morgan fingerprint density at radius 1 is 1.25 bits per heavy atom. The quantitative estimate of drug-likeness (QED) is 0.886. The summed E-state index contributed by atoms with van der Waals surface area (Å²) >= 11 is 0. The predicted octanol–water partition coefficient (Wildman–Crippen LogP) is 1.81. The molecule has 2 aromatic rings. The monoisotopic (exact) mass is 374 g/mol. The Labute approximate surface area is 147 Å². The third-order valence-electron chi connectivity index (χ3n) is 4.16. The van der Waals surface area contributed by atoms with Crippen LogP contribution in [0.4, 0.5) is 4.39 Å². The molecule has 1 N–H and O–H groups in total. The molecule has 0 aliphatic carbocycles. The molecule has 1 aliphatic rings. The Bertz CT molecular complexity index is 788. The lowest BCUT2D eigenvalue weighted by Gasteiger charge is -2.30. The first-order valence-electron chi connectivity index (χ1n) is 7.49. The lowest BCUT2D eigenvalue weighted by Crippen LogP contribution is -2.43. The summed E-state index contributed by atoms with van der Waals surface area (Å²) in [5, 5.41) is 7.17. The van der Waals surface area contributed by atoms with E-state index in [1.807, 2.05) is 7.05 Å². The molecule has 0 radical (unpaired) electrons. The van der Waals surface area contributed by atoms with Crippen molar-refractivity contribution in [1.82, 2.24) is 19.4 Å². The van der Waals surface area contributed by atoms with Gasteiger partial charge in [0.1, 0.15) is 16.4 Å². The molecular weight excluding hydrogens is 355 g/mol. The van der Waals surface area contributed by atoms with E-state index in [1.54, 1.807) is 18.2 Å². The van der Waals surface area contributed by atoms with Crippen LogP contribution >= 0.6 is 12.4 Å². The molecule has 132 valence electrons. The summed E-state index contributed by atoms with van der Waals surface area (Å²) in [5.74, 6) is -0.450. The standard InChI is InChI=1S/C15H19FN4O2S.ClH/c1-17-12-6-8-19(9-7-12)23(21,22)13-10-18-20(11-13)15-5-3-2-4-14(15)16;/h2-5,10-12,17H,6-9H2,1H3;1H. The van der Waals surface area contributed by atoms with Gasteiger partial charge in [-0.05, 0) is 32.0 Å². The van der Waals surface area contributed by atoms with E-state index in [1.165, 1.54) is 27.4 Å². The summed E-state index contributed by atoms with van der Waals surface area (Å²) in [5.41, 5.74) is 0.225. The smallest absolute Gasteiger partial charge is 0.246 e. The second-order valence-corrected chi connectivity index (χ2v) is 7.48. The van der Waals surface area contributed by atoms with Crippen molar-refractivity contribution in [2.75, 3.05) is 20.1 Å². The fourth-order valence-corrected chi connectivity index (χ4v) is 4.15. The molecule has 0 atom stereocenters. The number of hydrogen-bond acceptors (Lipinski definition) is 4. The Balaban J connectivity index is 0.00000208. The summed E-state index contributed by atoms with van der Waals surface area (Å²) in [4.78, 5) is 0.0867. The zero-order valence-electron chi connectivity index (χ0n) is 13.2. The van der Waals surface area contributed by atoms with Crippen LogP contribution in [0, 0.1) is 5.82 Å². The van der Waals surface area contributed by atoms with Crippen LogP contribution in [-0.4, -0.2) is 48.7 Å². The van der Waals surface area contributed by atoms with E-state index in [2.05, 4.69) is 10.4 Å². The molecule has 6 nitrogen and oxygen atoms in total. The largest absolute Gasteiger partial charge is 0.317 e. The summed E-state index contributed by atoms with van der Waals surface area (Å²) in [6, 6.07) is 6.47. The third kappa shape index (κ3) is 3.61. The van der Waals surface area contributed by atoms with Crippen molar-refractivity contribution < 1.29 is 12.8 Å². The lowest BCUT2D eigenvalue weighted by atomic mass is 10.1. The van der Waals surface area contributed by atoms with Crippen molar-refractivity contribution in [1.29, 1.82) is 0 Å². The molecule has 0 unspecified atom stereocenters. The van der Waals surface area contributed by atoms with Gasteiger partial charge in [-0.1, -0.05) is 12.1 Å². The molecule has 1 aromatic heterocycles. The van der Waals surface area contributed by atoms with Crippen LogP contribution in [0.5, 0.6) is 0 Å². The Hall–Kier alpha value is -1.48. The minimum absolute atomic E-state index is 0. The van der Waals surface area contributed by atoms with E-state index in [0.29, 0.717) is 19.1 Å². The molecule has 9 heteroatoms.